The monoisotopic (exact) mass is 265 g/mol. The van der Waals surface area contributed by atoms with Crippen LogP contribution in [0.25, 0.3) is 0 Å². The summed E-state index contributed by atoms with van der Waals surface area (Å²) in [5.41, 5.74) is 0.171. The first kappa shape index (κ1) is 14.7. The van der Waals surface area contributed by atoms with Crippen LogP contribution < -0.4 is 0 Å². The van der Waals surface area contributed by atoms with Crippen LogP contribution in [0, 0.1) is 5.41 Å². The minimum absolute atomic E-state index is 0.171. The van der Waals surface area contributed by atoms with Crippen LogP contribution >= 0.6 is 21.8 Å². The molecule has 0 aromatic carbocycles. The molecule has 0 unspecified atom stereocenters. The lowest BCUT2D eigenvalue weighted by Crippen LogP contribution is -2.22. The lowest BCUT2D eigenvalue weighted by atomic mass is 9.87. The molecule has 16 heavy (non-hydrogen) atoms. The normalized spacial score (nSPS) is 18.9. The molecule has 1 aliphatic heterocycles. The molecule has 0 aromatic rings. The van der Waals surface area contributed by atoms with Crippen molar-refractivity contribution in [2.24, 2.45) is 5.41 Å². The van der Waals surface area contributed by atoms with Crippen molar-refractivity contribution >= 4 is 21.8 Å². The van der Waals surface area contributed by atoms with Crippen LogP contribution in [0.5, 0.6) is 0 Å². The van der Waals surface area contributed by atoms with Crippen molar-refractivity contribution in [1.29, 1.82) is 0 Å². The predicted octanol–water partition coefficient (Wildman–Crippen LogP) is 4.54. The molecule has 0 aromatic heterocycles. The van der Waals surface area contributed by atoms with Crippen molar-refractivity contribution in [2.45, 2.75) is 46.0 Å². The molecule has 1 saturated heterocycles. The second-order valence-corrected chi connectivity index (χ2v) is 7.70. The molecule has 0 amide bonds. The molecule has 0 saturated carbocycles. The first-order valence-electron chi connectivity index (χ1n) is 6.24. The molecule has 0 spiro atoms. The summed E-state index contributed by atoms with van der Waals surface area (Å²) in [4.78, 5) is 0. The fraction of sp³-hybridized carbons (Fsp3) is 1.00. The highest BCUT2D eigenvalue weighted by molar-refractivity contribution is 8.75. The van der Waals surface area contributed by atoms with Gasteiger partial charge in [0.2, 0.25) is 0 Å². The quantitative estimate of drug-likeness (QED) is 0.378. The molecule has 0 atom stereocenters. The van der Waals surface area contributed by atoms with Gasteiger partial charge in [-0.05, 0) is 42.1 Å². The second-order valence-electron chi connectivity index (χ2n) is 5.24. The zero-order chi connectivity index (χ0) is 11.9. The Bertz CT molecular complexity index is 182. The van der Waals surface area contributed by atoms with Gasteiger partial charge in [0.15, 0.2) is 0 Å². The summed E-state index contributed by atoms with van der Waals surface area (Å²) in [5.74, 6) is 1.13. The van der Waals surface area contributed by atoms with Crippen LogP contribution in [0.3, 0.4) is 0 Å². The summed E-state index contributed by atoms with van der Waals surface area (Å²) in [6.07, 6.45) is 5.90. The van der Waals surface area contributed by atoms with Gasteiger partial charge in [0, 0.05) is 18.8 Å². The first-order chi connectivity index (χ1) is 7.64. The number of piperidine rings is 1. The molecule has 0 bridgehead atoms. The Hall–Kier alpha value is 0.590. The maximum absolute atomic E-state index is 12.3. The van der Waals surface area contributed by atoms with E-state index in [0.29, 0.717) is 6.42 Å². The third-order valence-corrected chi connectivity index (χ3v) is 5.61. The average Bonchev–Trinajstić information content (AvgIpc) is 2.26. The van der Waals surface area contributed by atoms with Gasteiger partial charge >= 0.3 is 0 Å². The van der Waals surface area contributed by atoms with Gasteiger partial charge in [-0.2, -0.15) is 0 Å². The van der Waals surface area contributed by atoms with Crippen LogP contribution in [0.15, 0.2) is 0 Å². The second kappa shape index (κ2) is 7.83. The number of hydrogen-bond donors (Lipinski definition) is 0. The van der Waals surface area contributed by atoms with Gasteiger partial charge in [-0.1, -0.05) is 31.1 Å². The van der Waals surface area contributed by atoms with E-state index in [1.165, 1.54) is 32.4 Å². The third kappa shape index (κ3) is 6.36. The Morgan fingerprint density at radius 2 is 1.81 bits per heavy atom. The Kier molecular flexibility index (Phi) is 7.17. The van der Waals surface area contributed by atoms with Crippen molar-refractivity contribution in [3.63, 3.8) is 0 Å². The van der Waals surface area contributed by atoms with Crippen LogP contribution in [-0.2, 0) is 0 Å². The third-order valence-electron chi connectivity index (χ3n) is 3.11. The highest BCUT2D eigenvalue weighted by atomic mass is 33.1. The topological polar surface area (TPSA) is 3.24 Å². The van der Waals surface area contributed by atoms with Crippen LogP contribution in [0.4, 0.5) is 4.39 Å². The van der Waals surface area contributed by atoms with Crippen molar-refractivity contribution in [3.8, 4) is 0 Å². The zero-order valence-corrected chi connectivity index (χ0v) is 12.1. The molecule has 1 fully saturated rings. The largest absolute Gasteiger partial charge is 0.251 e. The molecule has 1 rings (SSSR count). The van der Waals surface area contributed by atoms with E-state index >= 15 is 0 Å². The fourth-order valence-corrected chi connectivity index (χ4v) is 4.38. The van der Waals surface area contributed by atoms with E-state index in [9.17, 15) is 4.39 Å². The van der Waals surface area contributed by atoms with Gasteiger partial charge in [0.1, 0.15) is 0 Å². The van der Waals surface area contributed by atoms with Gasteiger partial charge in [-0.3, -0.25) is 4.39 Å². The van der Waals surface area contributed by atoms with E-state index in [2.05, 4.69) is 18.2 Å². The van der Waals surface area contributed by atoms with E-state index < -0.39 is 0 Å². The maximum Gasteiger partial charge on any atom is 0.0899 e. The number of hydrogen-bond acceptors (Lipinski definition) is 3. The van der Waals surface area contributed by atoms with Crippen molar-refractivity contribution in [3.05, 3.63) is 0 Å². The van der Waals surface area contributed by atoms with E-state index in [4.69, 9.17) is 0 Å². The zero-order valence-electron chi connectivity index (χ0n) is 10.5. The molecule has 0 N–H and O–H groups in total. The van der Waals surface area contributed by atoms with Gasteiger partial charge in [0.25, 0.3) is 0 Å². The Morgan fingerprint density at radius 3 is 2.44 bits per heavy atom. The molecular formula is C12H24FNS2. The minimum Gasteiger partial charge on any atom is -0.251 e. The number of halogens is 1. The Morgan fingerprint density at radius 1 is 1.12 bits per heavy atom. The summed E-state index contributed by atoms with van der Waals surface area (Å²) in [6.45, 7) is 6.63. The first-order valence-corrected chi connectivity index (χ1v) is 8.52. The number of nitrogens with zero attached hydrogens (tertiary/aromatic N) is 1. The van der Waals surface area contributed by atoms with E-state index in [1.54, 1.807) is 0 Å². The lowest BCUT2D eigenvalue weighted by molar-refractivity contribution is 0.281. The van der Waals surface area contributed by atoms with E-state index in [-0.39, 0.29) is 12.1 Å². The maximum atomic E-state index is 12.3. The molecule has 0 radical (unpaired) electrons. The fourth-order valence-electron chi connectivity index (χ4n) is 1.75. The summed E-state index contributed by atoms with van der Waals surface area (Å²) < 4.78 is 14.7. The number of alkyl halides is 1. The highest BCUT2D eigenvalue weighted by Gasteiger charge is 2.17. The molecule has 1 nitrogen and oxygen atoms in total. The van der Waals surface area contributed by atoms with Crippen LogP contribution in [0.2, 0.25) is 0 Å². The summed E-state index contributed by atoms with van der Waals surface area (Å²) in [6, 6.07) is 0. The smallest absolute Gasteiger partial charge is 0.0899 e. The predicted molar refractivity (Wildman–Crippen MR) is 74.5 cm³/mol. The standard InChI is InChI=1S/C12H24FNS2/c1-12(2,6-8-13)7-11-15-16-14-9-4-3-5-10-14/h3-11H2,1-2H3. The average molecular weight is 265 g/mol. The minimum atomic E-state index is -0.184. The van der Waals surface area contributed by atoms with Crippen molar-refractivity contribution in [1.82, 2.24) is 4.31 Å². The SMILES string of the molecule is CC(C)(CCF)CCSSN1CCCCC1. The van der Waals surface area contributed by atoms with E-state index in [1.807, 2.05) is 21.8 Å². The number of rotatable bonds is 7. The molecule has 1 heterocycles. The summed E-state index contributed by atoms with van der Waals surface area (Å²) >= 11 is 0. The van der Waals surface area contributed by atoms with Crippen molar-refractivity contribution < 1.29 is 4.39 Å². The van der Waals surface area contributed by atoms with Gasteiger partial charge < -0.3 is 0 Å². The van der Waals surface area contributed by atoms with E-state index in [0.717, 1.165) is 12.2 Å². The molecule has 0 aliphatic carbocycles. The van der Waals surface area contributed by atoms with Crippen molar-refractivity contribution in [2.75, 3.05) is 25.5 Å². The summed E-state index contributed by atoms with van der Waals surface area (Å²) in [5, 5.41) is 0. The van der Waals surface area contributed by atoms with Gasteiger partial charge in [-0.25, -0.2) is 4.31 Å². The summed E-state index contributed by atoms with van der Waals surface area (Å²) in [7, 11) is 3.85. The molecular weight excluding hydrogens is 241 g/mol. The Labute approximate surface area is 107 Å². The van der Waals surface area contributed by atoms with Gasteiger partial charge in [0.05, 0.1) is 6.67 Å². The molecule has 1 aliphatic rings. The lowest BCUT2D eigenvalue weighted by Gasteiger charge is -2.26. The van der Waals surface area contributed by atoms with Gasteiger partial charge in [-0.15, -0.1) is 0 Å². The molecule has 4 heteroatoms. The molecule has 96 valence electrons. The van der Waals surface area contributed by atoms with Crippen LogP contribution in [0.1, 0.15) is 46.0 Å². The van der Waals surface area contributed by atoms with Crippen LogP contribution in [-0.4, -0.2) is 29.8 Å². The Balaban J connectivity index is 2.02. The highest BCUT2D eigenvalue weighted by Crippen LogP contribution is 2.33.